The van der Waals surface area contributed by atoms with Crippen LogP contribution in [0.1, 0.15) is 34.0 Å². The lowest BCUT2D eigenvalue weighted by Gasteiger charge is -2.31. The number of nitrogens with one attached hydrogen (secondary N) is 1. The maximum Gasteiger partial charge on any atom is 0.408 e. The molecule has 2 N–H and O–H groups in total. The first-order chi connectivity index (χ1) is 13.4. The molecule has 146 valence electrons. The number of nitrogens with zero attached hydrogens (tertiary/aromatic N) is 1. The van der Waals surface area contributed by atoms with Crippen molar-refractivity contribution >= 4 is 18.0 Å². The Labute approximate surface area is 162 Å². The Hall–Kier alpha value is -3.35. The lowest BCUT2D eigenvalue weighted by molar-refractivity contribution is -0.133. The van der Waals surface area contributed by atoms with Crippen molar-refractivity contribution in [2.45, 2.75) is 32.5 Å². The summed E-state index contributed by atoms with van der Waals surface area (Å²) in [5.74, 6) is -1.17. The number of alkyl carbamates (subject to hydrolysis) is 1. The molecule has 7 nitrogen and oxygen atoms in total. The highest BCUT2D eigenvalue weighted by molar-refractivity contribution is 5.88. The fourth-order valence-electron chi connectivity index (χ4n) is 3.15. The fraction of sp³-hybridized carbons (Fsp3) is 0.286. The highest BCUT2D eigenvalue weighted by Crippen LogP contribution is 2.21. The highest BCUT2D eigenvalue weighted by Gasteiger charge is 2.26. The summed E-state index contributed by atoms with van der Waals surface area (Å²) in [4.78, 5) is 37.3. The van der Waals surface area contributed by atoms with Crippen molar-refractivity contribution in [1.29, 1.82) is 0 Å². The zero-order chi connectivity index (χ0) is 20.1. The van der Waals surface area contributed by atoms with Crippen LogP contribution in [0.3, 0.4) is 0 Å². The number of rotatable bonds is 5. The summed E-state index contributed by atoms with van der Waals surface area (Å²) in [6.45, 7) is 2.62. The van der Waals surface area contributed by atoms with Crippen molar-refractivity contribution in [2.24, 2.45) is 0 Å². The molecule has 0 fully saturated rings. The number of ether oxygens (including phenoxy) is 1. The molecule has 0 aromatic heterocycles. The molecule has 0 bridgehead atoms. The van der Waals surface area contributed by atoms with Gasteiger partial charge in [-0.1, -0.05) is 36.4 Å². The van der Waals surface area contributed by atoms with E-state index >= 15 is 0 Å². The van der Waals surface area contributed by atoms with E-state index in [-0.39, 0.29) is 18.1 Å². The first-order valence-electron chi connectivity index (χ1n) is 9.05. The second-order valence-electron chi connectivity index (χ2n) is 6.73. The van der Waals surface area contributed by atoms with Crippen molar-refractivity contribution in [3.05, 3.63) is 70.8 Å². The van der Waals surface area contributed by atoms with Crippen LogP contribution in [0.4, 0.5) is 4.79 Å². The normalized spacial score (nSPS) is 14.0. The van der Waals surface area contributed by atoms with Crippen molar-refractivity contribution in [1.82, 2.24) is 10.2 Å². The van der Waals surface area contributed by atoms with E-state index in [9.17, 15) is 14.4 Å². The maximum absolute atomic E-state index is 12.7. The summed E-state index contributed by atoms with van der Waals surface area (Å²) in [6.07, 6.45) is -0.0684. The van der Waals surface area contributed by atoms with Gasteiger partial charge >= 0.3 is 12.1 Å². The smallest absolute Gasteiger partial charge is 0.408 e. The third kappa shape index (κ3) is 4.68. The summed E-state index contributed by atoms with van der Waals surface area (Å²) in [6, 6.07) is 13.5. The number of carbonyl (C=O) groups is 3. The molecule has 1 atom stereocenters. The van der Waals surface area contributed by atoms with Crippen LogP contribution < -0.4 is 5.32 Å². The van der Waals surface area contributed by atoms with E-state index in [0.717, 1.165) is 16.7 Å². The average molecular weight is 382 g/mol. The van der Waals surface area contributed by atoms with E-state index in [1.165, 1.54) is 6.07 Å². The van der Waals surface area contributed by atoms with E-state index in [2.05, 4.69) is 5.32 Å². The van der Waals surface area contributed by atoms with Gasteiger partial charge in [0.25, 0.3) is 0 Å². The van der Waals surface area contributed by atoms with E-state index < -0.39 is 18.1 Å². The summed E-state index contributed by atoms with van der Waals surface area (Å²) in [5.41, 5.74) is 2.97. The van der Waals surface area contributed by atoms with Gasteiger partial charge < -0.3 is 20.1 Å². The van der Waals surface area contributed by atoms with Gasteiger partial charge in [0.05, 0.1) is 5.56 Å². The zero-order valence-electron chi connectivity index (χ0n) is 15.6. The van der Waals surface area contributed by atoms with E-state index in [0.29, 0.717) is 19.5 Å². The maximum atomic E-state index is 12.7. The lowest BCUT2D eigenvalue weighted by atomic mass is 9.97. The van der Waals surface area contributed by atoms with Gasteiger partial charge in [-0.25, -0.2) is 9.59 Å². The molecule has 7 heteroatoms. The molecule has 0 saturated carbocycles. The Morgan fingerprint density at radius 1 is 1.14 bits per heavy atom. The van der Waals surface area contributed by atoms with Gasteiger partial charge in [0.15, 0.2) is 0 Å². The Bertz CT molecular complexity index is 882. The monoisotopic (exact) mass is 382 g/mol. The third-order valence-electron chi connectivity index (χ3n) is 4.69. The Morgan fingerprint density at radius 2 is 1.89 bits per heavy atom. The zero-order valence-corrected chi connectivity index (χ0v) is 15.6. The molecule has 1 aliphatic heterocycles. The minimum atomic E-state index is -0.965. The van der Waals surface area contributed by atoms with Crippen LogP contribution >= 0.6 is 0 Å². The molecule has 2 amide bonds. The molecule has 2 aromatic rings. The standard InChI is InChI=1S/C21H22N2O5/c1-14(22-21(27)28-13-15-5-3-2-4-6-15)19(24)23-10-9-16-11-17(20(25)26)7-8-18(16)12-23/h2-8,11,14H,9-10,12-13H2,1H3,(H,22,27)(H,25,26)/t14-/m0/s1. The van der Waals surface area contributed by atoms with Gasteiger partial charge in [0.1, 0.15) is 12.6 Å². The molecule has 0 saturated heterocycles. The van der Waals surface area contributed by atoms with Gasteiger partial charge in [-0.05, 0) is 42.2 Å². The molecule has 28 heavy (non-hydrogen) atoms. The number of carboxylic acid groups (broad SMARTS) is 1. The number of fused-ring (bicyclic) bond motifs is 1. The van der Waals surface area contributed by atoms with Gasteiger partial charge in [-0.15, -0.1) is 0 Å². The predicted molar refractivity (Wildman–Crippen MR) is 102 cm³/mol. The Balaban J connectivity index is 1.53. The van der Waals surface area contributed by atoms with Crippen LogP contribution in [0.15, 0.2) is 48.5 Å². The van der Waals surface area contributed by atoms with Crippen molar-refractivity contribution in [3.63, 3.8) is 0 Å². The second-order valence-corrected chi connectivity index (χ2v) is 6.73. The van der Waals surface area contributed by atoms with Crippen molar-refractivity contribution in [3.8, 4) is 0 Å². The number of carboxylic acids is 1. The molecule has 1 aliphatic rings. The Kier molecular flexibility index (Phi) is 5.93. The number of benzene rings is 2. The molecule has 2 aromatic carbocycles. The molecular weight excluding hydrogens is 360 g/mol. The number of hydrogen-bond donors (Lipinski definition) is 2. The SMILES string of the molecule is C[C@H](NC(=O)OCc1ccccc1)C(=O)N1CCc2cc(C(=O)O)ccc2C1. The minimum absolute atomic E-state index is 0.136. The topological polar surface area (TPSA) is 95.9 Å². The average Bonchev–Trinajstić information content (AvgIpc) is 2.71. The van der Waals surface area contributed by atoms with Gasteiger partial charge in [-0.3, -0.25) is 4.79 Å². The number of carbonyl (C=O) groups excluding carboxylic acids is 2. The lowest BCUT2D eigenvalue weighted by Crippen LogP contribution is -2.48. The van der Waals surface area contributed by atoms with Crippen LogP contribution in [0.2, 0.25) is 0 Å². The van der Waals surface area contributed by atoms with E-state index in [1.54, 1.807) is 24.0 Å². The summed E-state index contributed by atoms with van der Waals surface area (Å²) in [7, 11) is 0. The Morgan fingerprint density at radius 3 is 2.61 bits per heavy atom. The molecule has 0 radical (unpaired) electrons. The molecule has 0 spiro atoms. The molecule has 0 aliphatic carbocycles. The second kappa shape index (κ2) is 8.56. The highest BCUT2D eigenvalue weighted by atomic mass is 16.5. The van der Waals surface area contributed by atoms with Crippen molar-refractivity contribution < 1.29 is 24.2 Å². The fourth-order valence-corrected chi connectivity index (χ4v) is 3.15. The van der Waals surface area contributed by atoms with Crippen molar-refractivity contribution in [2.75, 3.05) is 6.54 Å². The first kappa shape index (κ1) is 19.4. The quantitative estimate of drug-likeness (QED) is 0.829. The first-order valence-corrected chi connectivity index (χ1v) is 9.05. The number of amides is 2. The summed E-state index contributed by atoms with van der Waals surface area (Å²) in [5, 5.41) is 11.6. The predicted octanol–water partition coefficient (Wildman–Crippen LogP) is 2.58. The van der Waals surface area contributed by atoms with Crippen LogP contribution in [0.25, 0.3) is 0 Å². The van der Waals surface area contributed by atoms with Gasteiger partial charge in [0.2, 0.25) is 5.91 Å². The third-order valence-corrected chi connectivity index (χ3v) is 4.69. The van der Waals surface area contributed by atoms with Crippen LogP contribution in [-0.2, 0) is 29.1 Å². The molecule has 0 unspecified atom stereocenters. The molecule has 1 heterocycles. The summed E-state index contributed by atoms with van der Waals surface area (Å²) < 4.78 is 5.15. The largest absolute Gasteiger partial charge is 0.478 e. The van der Waals surface area contributed by atoms with E-state index in [1.807, 2.05) is 30.3 Å². The number of hydrogen-bond acceptors (Lipinski definition) is 4. The minimum Gasteiger partial charge on any atom is -0.478 e. The molecule has 3 rings (SSSR count). The van der Waals surface area contributed by atoms with Gasteiger partial charge in [0, 0.05) is 13.1 Å². The van der Waals surface area contributed by atoms with Crippen LogP contribution in [0.5, 0.6) is 0 Å². The molecular formula is C21H22N2O5. The summed E-state index contributed by atoms with van der Waals surface area (Å²) >= 11 is 0. The number of aromatic carboxylic acids is 1. The van der Waals surface area contributed by atoms with Crippen LogP contribution in [-0.4, -0.2) is 40.6 Å². The van der Waals surface area contributed by atoms with E-state index in [4.69, 9.17) is 9.84 Å². The van der Waals surface area contributed by atoms with Gasteiger partial charge in [-0.2, -0.15) is 0 Å². The van der Waals surface area contributed by atoms with Crippen LogP contribution in [0, 0.1) is 0 Å².